The van der Waals surface area contributed by atoms with Gasteiger partial charge >= 0.3 is 0 Å². The van der Waals surface area contributed by atoms with Gasteiger partial charge in [-0.3, -0.25) is 4.79 Å². The van der Waals surface area contributed by atoms with E-state index in [1.54, 1.807) is 12.1 Å². The minimum absolute atomic E-state index is 0.184. The Morgan fingerprint density at radius 2 is 2.00 bits per heavy atom. The largest absolute Gasteiger partial charge is 0.486 e. The van der Waals surface area contributed by atoms with E-state index >= 15 is 0 Å². The van der Waals surface area contributed by atoms with Crippen LogP contribution in [0.2, 0.25) is 5.02 Å². The Hall–Kier alpha value is -2.58. The zero-order chi connectivity index (χ0) is 19.9. The molecule has 28 heavy (non-hydrogen) atoms. The summed E-state index contributed by atoms with van der Waals surface area (Å²) in [6, 6.07) is 11.3. The van der Waals surface area contributed by atoms with Crippen LogP contribution in [-0.4, -0.2) is 31.4 Å². The summed E-state index contributed by atoms with van der Waals surface area (Å²) >= 11 is 7.07. The molecule has 0 spiro atoms. The number of nitrogens with zero attached hydrogens (tertiary/aromatic N) is 4. The highest BCUT2D eigenvalue weighted by molar-refractivity contribution is 7.99. The van der Waals surface area contributed by atoms with Crippen molar-refractivity contribution in [3.05, 3.63) is 59.0 Å². The molecular formula is C19H20ClN5O2S. The number of aromatic nitrogens is 4. The Labute approximate surface area is 172 Å². The number of rotatable bonds is 8. The second-order valence-electron chi connectivity index (χ2n) is 5.94. The maximum atomic E-state index is 12.1. The normalized spacial score (nSPS) is 10.7. The summed E-state index contributed by atoms with van der Waals surface area (Å²) < 4.78 is 7.59. The average molecular weight is 418 g/mol. The minimum atomic E-state index is -0.184. The van der Waals surface area contributed by atoms with Crippen LogP contribution in [0.4, 0.5) is 5.82 Å². The molecule has 3 rings (SSSR count). The van der Waals surface area contributed by atoms with Gasteiger partial charge in [0.2, 0.25) is 5.91 Å². The molecule has 2 aromatic heterocycles. The summed E-state index contributed by atoms with van der Waals surface area (Å²) in [5.41, 5.74) is 1.26. The van der Waals surface area contributed by atoms with Gasteiger partial charge in [0.25, 0.3) is 0 Å². The first kappa shape index (κ1) is 20.2. The summed E-state index contributed by atoms with van der Waals surface area (Å²) in [7, 11) is 1.85. The summed E-state index contributed by atoms with van der Waals surface area (Å²) in [5, 5.41) is 12.1. The van der Waals surface area contributed by atoms with Crippen molar-refractivity contribution in [3.63, 3.8) is 0 Å². The molecule has 0 aliphatic rings. The van der Waals surface area contributed by atoms with Gasteiger partial charge in [0.1, 0.15) is 18.2 Å². The quantitative estimate of drug-likeness (QED) is 0.562. The average Bonchev–Trinajstić information content (AvgIpc) is 3.06. The SMILES string of the molecule is CCc1ccc(OCc2nnc(SCC(=O)Nc3ccc(Cl)cn3)n2C)cc1. The van der Waals surface area contributed by atoms with Gasteiger partial charge in [0.15, 0.2) is 11.0 Å². The lowest BCUT2D eigenvalue weighted by molar-refractivity contribution is -0.113. The van der Waals surface area contributed by atoms with E-state index in [4.69, 9.17) is 16.3 Å². The van der Waals surface area contributed by atoms with Crippen LogP contribution >= 0.6 is 23.4 Å². The zero-order valence-corrected chi connectivity index (χ0v) is 17.1. The second-order valence-corrected chi connectivity index (χ2v) is 7.32. The highest BCUT2D eigenvalue weighted by Crippen LogP contribution is 2.18. The Kier molecular flexibility index (Phi) is 6.89. The first-order valence-electron chi connectivity index (χ1n) is 8.69. The lowest BCUT2D eigenvalue weighted by Crippen LogP contribution is -2.15. The van der Waals surface area contributed by atoms with Gasteiger partial charge in [-0.15, -0.1) is 10.2 Å². The van der Waals surface area contributed by atoms with E-state index in [0.717, 1.165) is 12.2 Å². The van der Waals surface area contributed by atoms with Crippen LogP contribution in [-0.2, 0) is 24.9 Å². The van der Waals surface area contributed by atoms with Gasteiger partial charge in [0.05, 0.1) is 10.8 Å². The Bertz CT molecular complexity index is 929. The molecule has 0 radical (unpaired) electrons. The smallest absolute Gasteiger partial charge is 0.236 e. The molecule has 1 amide bonds. The van der Waals surface area contributed by atoms with Crippen LogP contribution in [0.1, 0.15) is 18.3 Å². The van der Waals surface area contributed by atoms with Crippen molar-refractivity contribution in [2.24, 2.45) is 7.05 Å². The molecule has 0 saturated carbocycles. The van der Waals surface area contributed by atoms with Crippen LogP contribution in [0.5, 0.6) is 5.75 Å². The lowest BCUT2D eigenvalue weighted by Gasteiger charge is -2.07. The van der Waals surface area contributed by atoms with Crippen LogP contribution in [0.15, 0.2) is 47.8 Å². The van der Waals surface area contributed by atoms with E-state index in [1.807, 2.05) is 35.9 Å². The molecule has 146 valence electrons. The number of hydrogen-bond donors (Lipinski definition) is 1. The van der Waals surface area contributed by atoms with Crippen LogP contribution in [0.3, 0.4) is 0 Å². The Balaban J connectivity index is 1.50. The molecular weight excluding hydrogens is 398 g/mol. The van der Waals surface area contributed by atoms with Crippen LogP contribution in [0.25, 0.3) is 0 Å². The number of aryl methyl sites for hydroxylation is 1. The van der Waals surface area contributed by atoms with E-state index < -0.39 is 0 Å². The van der Waals surface area contributed by atoms with Crippen molar-refractivity contribution >= 4 is 35.1 Å². The molecule has 0 bridgehead atoms. The predicted molar refractivity (Wildman–Crippen MR) is 110 cm³/mol. The maximum absolute atomic E-state index is 12.1. The molecule has 0 saturated heterocycles. The van der Waals surface area contributed by atoms with Crippen molar-refractivity contribution in [2.45, 2.75) is 25.1 Å². The third kappa shape index (κ3) is 5.46. The van der Waals surface area contributed by atoms with E-state index in [2.05, 4.69) is 27.4 Å². The molecule has 9 heteroatoms. The predicted octanol–water partition coefficient (Wildman–Crippen LogP) is 3.74. The number of nitrogens with one attached hydrogen (secondary N) is 1. The molecule has 0 fully saturated rings. The first-order valence-corrected chi connectivity index (χ1v) is 10.1. The summed E-state index contributed by atoms with van der Waals surface area (Å²) in [4.78, 5) is 16.1. The number of pyridine rings is 1. The fraction of sp³-hybridized carbons (Fsp3) is 0.263. The summed E-state index contributed by atoms with van der Waals surface area (Å²) in [5.74, 6) is 1.93. The van der Waals surface area contributed by atoms with Crippen molar-refractivity contribution in [1.82, 2.24) is 19.7 Å². The first-order chi connectivity index (χ1) is 13.5. The van der Waals surface area contributed by atoms with E-state index in [0.29, 0.717) is 28.4 Å². The van der Waals surface area contributed by atoms with Gasteiger partial charge in [-0.05, 0) is 36.2 Å². The number of anilines is 1. The molecule has 2 heterocycles. The highest BCUT2D eigenvalue weighted by Gasteiger charge is 2.12. The fourth-order valence-corrected chi connectivity index (χ4v) is 3.17. The molecule has 0 atom stereocenters. The standard InChI is InChI=1S/C19H20ClN5O2S/c1-3-13-4-7-15(8-5-13)27-11-17-23-24-19(25(17)2)28-12-18(26)22-16-9-6-14(20)10-21-16/h4-10H,3,11-12H2,1-2H3,(H,21,22,26). The third-order valence-corrected chi connectivity index (χ3v) is 5.20. The number of carbonyl (C=O) groups excluding carboxylic acids is 1. The molecule has 3 aromatic rings. The van der Waals surface area contributed by atoms with E-state index in [9.17, 15) is 4.79 Å². The maximum Gasteiger partial charge on any atom is 0.236 e. The number of carbonyl (C=O) groups is 1. The highest BCUT2D eigenvalue weighted by atomic mass is 35.5. The van der Waals surface area contributed by atoms with E-state index in [1.165, 1.54) is 23.5 Å². The van der Waals surface area contributed by atoms with E-state index in [-0.39, 0.29) is 11.7 Å². The Morgan fingerprint density at radius 3 is 2.68 bits per heavy atom. The van der Waals surface area contributed by atoms with Gasteiger partial charge in [-0.2, -0.15) is 0 Å². The third-order valence-electron chi connectivity index (χ3n) is 3.95. The number of ether oxygens (including phenoxy) is 1. The zero-order valence-electron chi connectivity index (χ0n) is 15.6. The molecule has 7 nitrogen and oxygen atoms in total. The Morgan fingerprint density at radius 1 is 1.21 bits per heavy atom. The van der Waals surface area contributed by atoms with Gasteiger partial charge in [-0.25, -0.2) is 4.98 Å². The van der Waals surface area contributed by atoms with Crippen molar-refractivity contribution < 1.29 is 9.53 Å². The lowest BCUT2D eigenvalue weighted by atomic mass is 10.2. The molecule has 0 aliphatic heterocycles. The minimum Gasteiger partial charge on any atom is -0.486 e. The number of halogens is 1. The fourth-order valence-electron chi connectivity index (χ4n) is 2.32. The molecule has 1 N–H and O–H groups in total. The molecule has 1 aromatic carbocycles. The molecule has 0 aliphatic carbocycles. The number of hydrogen-bond acceptors (Lipinski definition) is 6. The van der Waals surface area contributed by atoms with Crippen molar-refractivity contribution in [1.29, 1.82) is 0 Å². The summed E-state index contributed by atoms with van der Waals surface area (Å²) in [6.45, 7) is 2.41. The van der Waals surface area contributed by atoms with Crippen molar-refractivity contribution in [3.8, 4) is 5.75 Å². The monoisotopic (exact) mass is 417 g/mol. The topological polar surface area (TPSA) is 81.9 Å². The van der Waals surface area contributed by atoms with Gasteiger partial charge in [0, 0.05) is 13.2 Å². The van der Waals surface area contributed by atoms with Crippen LogP contribution in [0, 0.1) is 0 Å². The van der Waals surface area contributed by atoms with Crippen molar-refractivity contribution in [2.75, 3.05) is 11.1 Å². The number of thioether (sulfide) groups is 1. The number of amides is 1. The van der Waals surface area contributed by atoms with Gasteiger partial charge in [-0.1, -0.05) is 42.4 Å². The molecule has 0 unspecified atom stereocenters. The second kappa shape index (κ2) is 9.57. The van der Waals surface area contributed by atoms with Crippen LogP contribution < -0.4 is 10.1 Å². The number of benzene rings is 1. The summed E-state index contributed by atoms with van der Waals surface area (Å²) in [6.07, 6.45) is 2.47. The van der Waals surface area contributed by atoms with Gasteiger partial charge < -0.3 is 14.6 Å².